The Kier molecular flexibility index (Phi) is 4.35. The number of para-hydroxylation sites is 1. The highest BCUT2D eigenvalue weighted by atomic mass is 16.5. The van der Waals surface area contributed by atoms with Gasteiger partial charge >= 0.3 is 5.97 Å². The van der Waals surface area contributed by atoms with Crippen LogP contribution in [-0.4, -0.2) is 24.7 Å². The summed E-state index contributed by atoms with van der Waals surface area (Å²) in [6.07, 6.45) is 0. The van der Waals surface area contributed by atoms with E-state index in [1.807, 2.05) is 6.07 Å². The third-order valence-electron chi connectivity index (χ3n) is 2.37. The van der Waals surface area contributed by atoms with E-state index in [1.54, 1.807) is 25.1 Å². The molecule has 1 atom stereocenters. The van der Waals surface area contributed by atoms with Crippen molar-refractivity contribution in [2.45, 2.75) is 6.92 Å². The van der Waals surface area contributed by atoms with E-state index >= 15 is 0 Å². The summed E-state index contributed by atoms with van der Waals surface area (Å²) in [6, 6.07) is 7.11. The summed E-state index contributed by atoms with van der Waals surface area (Å²) >= 11 is 0. The highest BCUT2D eigenvalue weighted by Gasteiger charge is 2.13. The van der Waals surface area contributed by atoms with Crippen LogP contribution in [0, 0.1) is 17.2 Å². The molecular weight excluding hydrogens is 220 g/mol. The minimum atomic E-state index is -0.883. The van der Waals surface area contributed by atoms with E-state index in [2.05, 4.69) is 5.32 Å². The van der Waals surface area contributed by atoms with Gasteiger partial charge in [0, 0.05) is 6.54 Å². The fraction of sp³-hybridized carbons (Fsp3) is 0.333. The molecule has 2 N–H and O–H groups in total. The standard InChI is InChI=1S/C12H14N2O3/c1-8(12(15)16)7-14-11-9(6-13)4-3-5-10(11)17-2/h3-5,8,14H,7H2,1-2H3,(H,15,16). The van der Waals surface area contributed by atoms with Crippen LogP contribution < -0.4 is 10.1 Å². The maximum Gasteiger partial charge on any atom is 0.308 e. The van der Waals surface area contributed by atoms with Crippen molar-refractivity contribution < 1.29 is 14.6 Å². The zero-order chi connectivity index (χ0) is 12.8. The smallest absolute Gasteiger partial charge is 0.308 e. The normalized spacial score (nSPS) is 11.4. The predicted molar refractivity (Wildman–Crippen MR) is 63.0 cm³/mol. The molecule has 0 spiro atoms. The molecule has 0 fully saturated rings. The minimum Gasteiger partial charge on any atom is -0.495 e. The quantitative estimate of drug-likeness (QED) is 0.810. The van der Waals surface area contributed by atoms with Gasteiger partial charge in [0.05, 0.1) is 24.3 Å². The fourth-order valence-electron chi connectivity index (χ4n) is 1.32. The lowest BCUT2D eigenvalue weighted by molar-refractivity contribution is -0.140. The lowest BCUT2D eigenvalue weighted by atomic mass is 10.1. The molecule has 1 unspecified atom stereocenters. The first-order valence-electron chi connectivity index (χ1n) is 5.14. The molecule has 1 aromatic rings. The SMILES string of the molecule is COc1cccc(C#N)c1NCC(C)C(=O)O. The van der Waals surface area contributed by atoms with Crippen LogP contribution in [0.2, 0.25) is 0 Å². The molecule has 5 heteroatoms. The third-order valence-corrected chi connectivity index (χ3v) is 2.37. The summed E-state index contributed by atoms with van der Waals surface area (Å²) in [5.41, 5.74) is 0.965. The molecule has 0 radical (unpaired) electrons. The number of rotatable bonds is 5. The van der Waals surface area contributed by atoms with Gasteiger partial charge in [-0.25, -0.2) is 0 Å². The van der Waals surface area contributed by atoms with Crippen molar-refractivity contribution in [2.75, 3.05) is 19.0 Å². The number of nitrogens with zero attached hydrogens (tertiary/aromatic N) is 1. The van der Waals surface area contributed by atoms with Crippen LogP contribution in [0.15, 0.2) is 18.2 Å². The predicted octanol–water partition coefficient (Wildman–Crippen LogP) is 1.70. The number of carbonyl (C=O) groups is 1. The number of carboxylic acid groups (broad SMARTS) is 1. The average molecular weight is 234 g/mol. The number of nitriles is 1. The van der Waals surface area contributed by atoms with E-state index in [0.717, 1.165) is 0 Å². The Balaban J connectivity index is 2.89. The van der Waals surface area contributed by atoms with E-state index in [0.29, 0.717) is 17.0 Å². The van der Waals surface area contributed by atoms with Crippen LogP contribution in [0.3, 0.4) is 0 Å². The number of nitrogens with one attached hydrogen (secondary N) is 1. The van der Waals surface area contributed by atoms with Gasteiger partial charge in [0.25, 0.3) is 0 Å². The van der Waals surface area contributed by atoms with Gasteiger partial charge in [-0.1, -0.05) is 13.0 Å². The van der Waals surface area contributed by atoms with Crippen molar-refractivity contribution in [1.29, 1.82) is 5.26 Å². The number of benzene rings is 1. The first-order chi connectivity index (χ1) is 8.10. The van der Waals surface area contributed by atoms with Crippen molar-refractivity contribution in [1.82, 2.24) is 0 Å². The summed E-state index contributed by atoms with van der Waals surface area (Å²) in [4.78, 5) is 10.7. The van der Waals surface area contributed by atoms with Crippen LogP contribution in [0.1, 0.15) is 12.5 Å². The lowest BCUT2D eigenvalue weighted by Crippen LogP contribution is -2.20. The Hall–Kier alpha value is -2.22. The fourth-order valence-corrected chi connectivity index (χ4v) is 1.32. The van der Waals surface area contributed by atoms with Crippen LogP contribution in [0.4, 0.5) is 5.69 Å². The molecule has 0 aliphatic rings. The van der Waals surface area contributed by atoms with E-state index in [4.69, 9.17) is 15.1 Å². The monoisotopic (exact) mass is 234 g/mol. The average Bonchev–Trinajstić information content (AvgIpc) is 2.34. The number of hydrogen-bond acceptors (Lipinski definition) is 4. The van der Waals surface area contributed by atoms with Crippen molar-refractivity contribution in [3.8, 4) is 11.8 Å². The number of aliphatic carboxylic acids is 1. The minimum absolute atomic E-state index is 0.240. The number of carboxylic acids is 1. The van der Waals surface area contributed by atoms with E-state index < -0.39 is 11.9 Å². The first-order valence-corrected chi connectivity index (χ1v) is 5.14. The summed E-state index contributed by atoms with van der Waals surface area (Å²) in [7, 11) is 1.50. The second-order valence-electron chi connectivity index (χ2n) is 3.61. The molecule has 0 bridgehead atoms. The van der Waals surface area contributed by atoms with Gasteiger partial charge in [0.15, 0.2) is 0 Å². The summed E-state index contributed by atoms with van der Waals surface area (Å²) in [5.74, 6) is -0.890. The topological polar surface area (TPSA) is 82.3 Å². The van der Waals surface area contributed by atoms with Crippen LogP contribution >= 0.6 is 0 Å². The van der Waals surface area contributed by atoms with Crippen LogP contribution in [-0.2, 0) is 4.79 Å². The molecule has 1 aromatic carbocycles. The van der Waals surface area contributed by atoms with Crippen LogP contribution in [0.5, 0.6) is 5.75 Å². The Morgan fingerprint density at radius 2 is 2.35 bits per heavy atom. The summed E-state index contributed by atoms with van der Waals surface area (Å²) in [6.45, 7) is 1.83. The molecule has 1 rings (SSSR count). The molecule has 0 heterocycles. The lowest BCUT2D eigenvalue weighted by Gasteiger charge is -2.14. The van der Waals surface area contributed by atoms with Gasteiger partial charge in [0.2, 0.25) is 0 Å². The summed E-state index contributed by atoms with van der Waals surface area (Å²) in [5, 5.41) is 20.7. The number of hydrogen-bond donors (Lipinski definition) is 2. The van der Waals surface area contributed by atoms with Gasteiger partial charge in [-0.05, 0) is 12.1 Å². The molecule has 17 heavy (non-hydrogen) atoms. The maximum absolute atomic E-state index is 10.7. The molecule has 0 saturated heterocycles. The molecule has 5 nitrogen and oxygen atoms in total. The highest BCUT2D eigenvalue weighted by molar-refractivity contribution is 5.71. The van der Waals surface area contributed by atoms with Gasteiger partial charge in [-0.15, -0.1) is 0 Å². The largest absolute Gasteiger partial charge is 0.495 e. The Bertz CT molecular complexity index is 452. The van der Waals surface area contributed by atoms with E-state index in [9.17, 15) is 4.79 Å². The molecule has 0 aliphatic heterocycles. The van der Waals surface area contributed by atoms with Gasteiger partial charge in [-0.3, -0.25) is 4.79 Å². The van der Waals surface area contributed by atoms with Crippen molar-refractivity contribution in [2.24, 2.45) is 5.92 Å². The third kappa shape index (κ3) is 3.11. The van der Waals surface area contributed by atoms with Crippen molar-refractivity contribution in [3.05, 3.63) is 23.8 Å². The van der Waals surface area contributed by atoms with E-state index in [1.165, 1.54) is 7.11 Å². The van der Waals surface area contributed by atoms with Crippen molar-refractivity contribution >= 4 is 11.7 Å². The maximum atomic E-state index is 10.7. The van der Waals surface area contributed by atoms with Crippen LogP contribution in [0.25, 0.3) is 0 Å². The Morgan fingerprint density at radius 1 is 1.65 bits per heavy atom. The van der Waals surface area contributed by atoms with E-state index in [-0.39, 0.29) is 6.54 Å². The second-order valence-corrected chi connectivity index (χ2v) is 3.61. The Labute approximate surface area is 99.6 Å². The number of anilines is 1. The molecule has 90 valence electrons. The molecule has 0 aliphatic carbocycles. The van der Waals surface area contributed by atoms with Gasteiger partial charge in [-0.2, -0.15) is 5.26 Å². The zero-order valence-corrected chi connectivity index (χ0v) is 9.73. The first kappa shape index (κ1) is 12.8. The molecule has 0 amide bonds. The van der Waals surface area contributed by atoms with Gasteiger partial charge in [0.1, 0.15) is 11.8 Å². The Morgan fingerprint density at radius 3 is 2.88 bits per heavy atom. The zero-order valence-electron chi connectivity index (χ0n) is 9.73. The molecular formula is C12H14N2O3. The number of methoxy groups -OCH3 is 1. The highest BCUT2D eigenvalue weighted by Crippen LogP contribution is 2.27. The second kappa shape index (κ2) is 5.75. The number of ether oxygens (including phenoxy) is 1. The summed E-state index contributed by atoms with van der Waals surface area (Å²) < 4.78 is 5.12. The van der Waals surface area contributed by atoms with Crippen molar-refractivity contribution in [3.63, 3.8) is 0 Å². The van der Waals surface area contributed by atoms with Gasteiger partial charge < -0.3 is 15.2 Å². The molecule has 0 saturated carbocycles. The molecule has 0 aromatic heterocycles.